The van der Waals surface area contributed by atoms with E-state index in [0.717, 1.165) is 5.69 Å². The standard InChI is InChI=1S/C7H12N2O/c1-6(2)7-3-4-8-9(7)5-10/h3-4,6,10H,5H2,1-2H3. The Bertz CT molecular complexity index is 205. The van der Waals surface area contributed by atoms with Gasteiger partial charge in [-0.25, -0.2) is 4.68 Å². The maximum Gasteiger partial charge on any atom is 0.136 e. The molecule has 0 atom stereocenters. The summed E-state index contributed by atoms with van der Waals surface area (Å²) in [6, 6.07) is 1.92. The maximum atomic E-state index is 8.76. The molecule has 0 radical (unpaired) electrons. The van der Waals surface area contributed by atoms with Gasteiger partial charge in [0.25, 0.3) is 0 Å². The van der Waals surface area contributed by atoms with Crippen LogP contribution in [0.3, 0.4) is 0 Å². The van der Waals surface area contributed by atoms with E-state index in [1.165, 1.54) is 0 Å². The molecule has 0 saturated heterocycles. The monoisotopic (exact) mass is 140 g/mol. The van der Waals surface area contributed by atoms with Gasteiger partial charge >= 0.3 is 0 Å². The molecule has 3 heteroatoms. The first-order valence-corrected chi connectivity index (χ1v) is 3.38. The van der Waals surface area contributed by atoms with E-state index < -0.39 is 0 Å². The number of aromatic nitrogens is 2. The summed E-state index contributed by atoms with van der Waals surface area (Å²) in [7, 11) is 0. The van der Waals surface area contributed by atoms with Gasteiger partial charge < -0.3 is 5.11 Å². The Labute approximate surface area is 60.3 Å². The third-order valence-electron chi connectivity index (χ3n) is 1.47. The summed E-state index contributed by atoms with van der Waals surface area (Å²) in [6.07, 6.45) is 1.70. The molecule has 0 amide bonds. The van der Waals surface area contributed by atoms with Gasteiger partial charge in [-0.2, -0.15) is 5.10 Å². The number of rotatable bonds is 2. The summed E-state index contributed by atoms with van der Waals surface area (Å²) >= 11 is 0. The lowest BCUT2D eigenvalue weighted by atomic mass is 10.1. The van der Waals surface area contributed by atoms with E-state index in [1.807, 2.05) is 6.07 Å². The van der Waals surface area contributed by atoms with Crippen molar-refractivity contribution < 1.29 is 5.11 Å². The highest BCUT2D eigenvalue weighted by Crippen LogP contribution is 2.11. The molecule has 1 heterocycles. The minimum absolute atomic E-state index is 0.0273. The Kier molecular flexibility index (Phi) is 2.06. The zero-order valence-corrected chi connectivity index (χ0v) is 6.28. The summed E-state index contributed by atoms with van der Waals surface area (Å²) < 4.78 is 1.59. The summed E-state index contributed by atoms with van der Waals surface area (Å²) in [5.74, 6) is 0.426. The van der Waals surface area contributed by atoms with Crippen LogP contribution in [-0.2, 0) is 6.73 Å². The topological polar surface area (TPSA) is 38.0 Å². The van der Waals surface area contributed by atoms with Gasteiger partial charge in [0, 0.05) is 11.9 Å². The molecule has 3 nitrogen and oxygen atoms in total. The third kappa shape index (κ3) is 1.19. The normalized spacial score (nSPS) is 10.8. The van der Waals surface area contributed by atoms with E-state index >= 15 is 0 Å². The van der Waals surface area contributed by atoms with E-state index in [9.17, 15) is 0 Å². The highest BCUT2D eigenvalue weighted by Gasteiger charge is 2.03. The first kappa shape index (κ1) is 7.28. The minimum atomic E-state index is -0.0273. The van der Waals surface area contributed by atoms with E-state index in [2.05, 4.69) is 18.9 Å². The van der Waals surface area contributed by atoms with Crippen LogP contribution in [0.2, 0.25) is 0 Å². The molecule has 0 unspecified atom stereocenters. The molecule has 56 valence electrons. The molecule has 1 aromatic heterocycles. The average molecular weight is 140 g/mol. The van der Waals surface area contributed by atoms with E-state index in [1.54, 1.807) is 10.9 Å². The zero-order valence-electron chi connectivity index (χ0n) is 6.28. The number of hydrogen-bond acceptors (Lipinski definition) is 2. The van der Waals surface area contributed by atoms with Crippen molar-refractivity contribution >= 4 is 0 Å². The predicted molar refractivity (Wildman–Crippen MR) is 38.5 cm³/mol. The smallest absolute Gasteiger partial charge is 0.136 e. The summed E-state index contributed by atoms with van der Waals surface area (Å²) in [5, 5.41) is 12.7. The van der Waals surface area contributed by atoms with Gasteiger partial charge in [-0.15, -0.1) is 0 Å². The van der Waals surface area contributed by atoms with Gasteiger partial charge in [-0.05, 0) is 12.0 Å². The molecule has 0 aliphatic heterocycles. The molecule has 0 aliphatic rings. The second kappa shape index (κ2) is 2.84. The van der Waals surface area contributed by atoms with Crippen molar-refractivity contribution in [2.45, 2.75) is 26.5 Å². The van der Waals surface area contributed by atoms with Crippen LogP contribution in [0, 0.1) is 0 Å². The van der Waals surface area contributed by atoms with Crippen molar-refractivity contribution in [1.29, 1.82) is 0 Å². The number of aliphatic hydroxyl groups excluding tert-OH is 1. The molecular formula is C7H12N2O. The molecule has 0 aliphatic carbocycles. The number of aliphatic hydroxyl groups is 1. The molecule has 0 aromatic carbocycles. The van der Waals surface area contributed by atoms with Crippen molar-refractivity contribution in [1.82, 2.24) is 9.78 Å². The van der Waals surface area contributed by atoms with Crippen LogP contribution in [-0.4, -0.2) is 14.9 Å². The predicted octanol–water partition coefficient (Wildman–Crippen LogP) is 0.956. The van der Waals surface area contributed by atoms with E-state index in [4.69, 9.17) is 5.11 Å². The second-order valence-corrected chi connectivity index (χ2v) is 2.55. The molecular weight excluding hydrogens is 128 g/mol. The van der Waals surface area contributed by atoms with Gasteiger partial charge in [0.05, 0.1) is 0 Å². The number of nitrogens with zero attached hydrogens (tertiary/aromatic N) is 2. The lowest BCUT2D eigenvalue weighted by Crippen LogP contribution is -2.05. The van der Waals surface area contributed by atoms with Gasteiger partial charge in [0.15, 0.2) is 0 Å². The van der Waals surface area contributed by atoms with Crippen LogP contribution < -0.4 is 0 Å². The van der Waals surface area contributed by atoms with Gasteiger partial charge in [-0.1, -0.05) is 13.8 Å². The summed E-state index contributed by atoms with van der Waals surface area (Å²) in [4.78, 5) is 0. The molecule has 0 fully saturated rings. The Morgan fingerprint density at radius 3 is 2.80 bits per heavy atom. The third-order valence-corrected chi connectivity index (χ3v) is 1.47. The maximum absolute atomic E-state index is 8.76. The zero-order chi connectivity index (χ0) is 7.56. The first-order chi connectivity index (χ1) is 4.75. The van der Waals surface area contributed by atoms with Crippen LogP contribution in [0.15, 0.2) is 12.3 Å². The Morgan fingerprint density at radius 1 is 1.70 bits per heavy atom. The Morgan fingerprint density at radius 2 is 2.40 bits per heavy atom. The number of hydrogen-bond donors (Lipinski definition) is 1. The summed E-state index contributed by atoms with van der Waals surface area (Å²) in [6.45, 7) is 4.12. The van der Waals surface area contributed by atoms with Crippen LogP contribution in [0.25, 0.3) is 0 Å². The fourth-order valence-corrected chi connectivity index (χ4v) is 0.952. The van der Waals surface area contributed by atoms with Crippen molar-refractivity contribution in [3.05, 3.63) is 18.0 Å². The average Bonchev–Trinajstić information content (AvgIpc) is 2.33. The lowest BCUT2D eigenvalue weighted by molar-refractivity contribution is 0.190. The molecule has 0 saturated carbocycles. The SMILES string of the molecule is CC(C)c1ccnn1CO. The fourth-order valence-electron chi connectivity index (χ4n) is 0.952. The minimum Gasteiger partial charge on any atom is -0.374 e. The van der Waals surface area contributed by atoms with Crippen molar-refractivity contribution in [2.24, 2.45) is 0 Å². The molecule has 0 bridgehead atoms. The van der Waals surface area contributed by atoms with Crippen LogP contribution in [0.1, 0.15) is 25.5 Å². The van der Waals surface area contributed by atoms with E-state index in [-0.39, 0.29) is 6.73 Å². The molecule has 0 spiro atoms. The highest BCUT2D eigenvalue weighted by atomic mass is 16.3. The van der Waals surface area contributed by atoms with Gasteiger partial charge in [-0.3, -0.25) is 0 Å². The largest absolute Gasteiger partial charge is 0.374 e. The van der Waals surface area contributed by atoms with Gasteiger partial charge in [0.1, 0.15) is 6.73 Å². The van der Waals surface area contributed by atoms with Crippen molar-refractivity contribution in [2.75, 3.05) is 0 Å². The molecule has 1 rings (SSSR count). The Balaban J connectivity index is 2.90. The quantitative estimate of drug-likeness (QED) is 0.664. The van der Waals surface area contributed by atoms with Crippen molar-refractivity contribution in [3.63, 3.8) is 0 Å². The molecule has 1 N–H and O–H groups in total. The lowest BCUT2D eigenvalue weighted by Gasteiger charge is -2.05. The van der Waals surface area contributed by atoms with E-state index in [0.29, 0.717) is 5.92 Å². The fraction of sp³-hybridized carbons (Fsp3) is 0.571. The molecule has 10 heavy (non-hydrogen) atoms. The molecule has 1 aromatic rings. The van der Waals surface area contributed by atoms with Gasteiger partial charge in [0.2, 0.25) is 0 Å². The second-order valence-electron chi connectivity index (χ2n) is 2.55. The van der Waals surface area contributed by atoms with Crippen molar-refractivity contribution in [3.8, 4) is 0 Å². The van der Waals surface area contributed by atoms with Crippen LogP contribution >= 0.6 is 0 Å². The van der Waals surface area contributed by atoms with Crippen LogP contribution in [0.4, 0.5) is 0 Å². The summed E-state index contributed by atoms with van der Waals surface area (Å²) in [5.41, 5.74) is 1.07. The Hall–Kier alpha value is -0.830. The first-order valence-electron chi connectivity index (χ1n) is 3.38. The highest BCUT2D eigenvalue weighted by molar-refractivity contribution is 5.04. The van der Waals surface area contributed by atoms with Crippen LogP contribution in [0.5, 0.6) is 0 Å².